The second-order valence-electron chi connectivity index (χ2n) is 1.67. The van der Waals surface area contributed by atoms with Crippen molar-refractivity contribution in [2.75, 3.05) is 0 Å². The first-order valence-corrected chi connectivity index (χ1v) is 3.74. The molecule has 1 heterocycles. The van der Waals surface area contributed by atoms with Crippen LogP contribution in [-0.2, 0) is 0 Å². The highest BCUT2D eigenvalue weighted by atomic mass is 79.9. The number of aromatic nitrogens is 2. The summed E-state index contributed by atoms with van der Waals surface area (Å²) in [4.78, 5) is 6.92. The van der Waals surface area contributed by atoms with Crippen LogP contribution in [-0.4, -0.2) is 9.97 Å². The molecule has 0 aromatic carbocycles. The summed E-state index contributed by atoms with van der Waals surface area (Å²) in [6, 6.07) is 0. The normalized spacial score (nSPS) is 10.6. The lowest BCUT2D eigenvalue weighted by Crippen LogP contribution is -1.94. The molecule has 0 aliphatic heterocycles. The van der Waals surface area contributed by atoms with Gasteiger partial charge in [0.25, 0.3) is 6.43 Å². The van der Waals surface area contributed by atoms with Gasteiger partial charge in [0.1, 0.15) is 15.5 Å². The zero-order chi connectivity index (χ0) is 8.43. The third kappa shape index (κ3) is 2.07. The Bertz CT molecular complexity index is 269. The molecular formula is C5H2BrClF2N2. The van der Waals surface area contributed by atoms with Gasteiger partial charge in [-0.2, -0.15) is 0 Å². The molecule has 0 saturated heterocycles. The minimum atomic E-state index is -2.66. The highest BCUT2D eigenvalue weighted by Crippen LogP contribution is 2.24. The zero-order valence-electron chi connectivity index (χ0n) is 5.06. The molecule has 0 unspecified atom stereocenters. The topological polar surface area (TPSA) is 25.8 Å². The molecule has 1 aromatic heterocycles. The maximum Gasteiger partial charge on any atom is 0.283 e. The van der Waals surface area contributed by atoms with Crippen LogP contribution in [0, 0.1) is 0 Å². The van der Waals surface area contributed by atoms with Gasteiger partial charge in [0, 0.05) is 0 Å². The summed E-state index contributed by atoms with van der Waals surface area (Å²) in [7, 11) is 0. The van der Waals surface area contributed by atoms with Gasteiger partial charge in [0.2, 0.25) is 0 Å². The number of halogens is 4. The Hall–Kier alpha value is -0.290. The number of alkyl halides is 2. The van der Waals surface area contributed by atoms with Crippen molar-refractivity contribution >= 4 is 27.5 Å². The van der Waals surface area contributed by atoms with E-state index in [-0.39, 0.29) is 9.76 Å². The summed E-state index contributed by atoms with van der Waals surface area (Å²) in [5.74, 6) is 0. The van der Waals surface area contributed by atoms with E-state index in [1.165, 1.54) is 6.20 Å². The van der Waals surface area contributed by atoms with E-state index in [9.17, 15) is 8.78 Å². The minimum Gasteiger partial charge on any atom is -0.244 e. The fraction of sp³-hybridized carbons (Fsp3) is 0.200. The molecule has 60 valence electrons. The van der Waals surface area contributed by atoms with Gasteiger partial charge >= 0.3 is 0 Å². The van der Waals surface area contributed by atoms with Gasteiger partial charge in [-0.25, -0.2) is 18.7 Å². The van der Waals surface area contributed by atoms with Crippen molar-refractivity contribution in [2.24, 2.45) is 0 Å². The number of hydrogen-bond donors (Lipinski definition) is 0. The van der Waals surface area contributed by atoms with Crippen LogP contribution in [0.3, 0.4) is 0 Å². The highest BCUT2D eigenvalue weighted by Gasteiger charge is 2.14. The fourth-order valence-corrected chi connectivity index (χ4v) is 1.01. The first kappa shape index (κ1) is 8.80. The van der Waals surface area contributed by atoms with Crippen LogP contribution in [0.25, 0.3) is 0 Å². The Balaban J connectivity index is 3.13. The SMILES string of the molecule is FC(F)c1nc(Cl)cnc1Br. The van der Waals surface area contributed by atoms with E-state index in [0.717, 1.165) is 0 Å². The molecule has 1 rings (SSSR count). The zero-order valence-corrected chi connectivity index (χ0v) is 7.40. The van der Waals surface area contributed by atoms with Crippen LogP contribution < -0.4 is 0 Å². The van der Waals surface area contributed by atoms with Crippen LogP contribution in [0.2, 0.25) is 5.15 Å². The molecule has 0 amide bonds. The largest absolute Gasteiger partial charge is 0.283 e. The van der Waals surface area contributed by atoms with Crippen molar-refractivity contribution < 1.29 is 8.78 Å². The van der Waals surface area contributed by atoms with E-state index in [1.807, 2.05) is 0 Å². The van der Waals surface area contributed by atoms with Crippen molar-refractivity contribution in [1.82, 2.24) is 9.97 Å². The molecule has 11 heavy (non-hydrogen) atoms. The van der Waals surface area contributed by atoms with Gasteiger partial charge in [0.15, 0.2) is 0 Å². The summed E-state index contributed by atoms with van der Waals surface area (Å²) in [5.41, 5.74) is -0.433. The molecule has 2 nitrogen and oxygen atoms in total. The van der Waals surface area contributed by atoms with E-state index in [4.69, 9.17) is 11.6 Å². The van der Waals surface area contributed by atoms with Gasteiger partial charge in [0.05, 0.1) is 6.20 Å². The second kappa shape index (κ2) is 3.40. The standard InChI is InChI=1S/C5H2BrClF2N2/c6-4-3(5(8)9)11-2(7)1-10-4/h1,5H. The number of hydrogen-bond acceptors (Lipinski definition) is 2. The smallest absolute Gasteiger partial charge is 0.244 e. The molecule has 1 aromatic rings. The third-order valence-electron chi connectivity index (χ3n) is 0.930. The second-order valence-corrected chi connectivity index (χ2v) is 2.81. The Morgan fingerprint density at radius 3 is 2.64 bits per heavy atom. The lowest BCUT2D eigenvalue weighted by Gasteiger charge is -1.99. The summed E-state index contributed by atoms with van der Waals surface area (Å²) < 4.78 is 24.1. The molecule has 0 fully saturated rings. The Morgan fingerprint density at radius 2 is 2.18 bits per heavy atom. The van der Waals surface area contributed by atoms with Crippen molar-refractivity contribution in [3.05, 3.63) is 21.6 Å². The van der Waals surface area contributed by atoms with Crippen LogP contribution in [0.5, 0.6) is 0 Å². The maximum atomic E-state index is 12.0. The van der Waals surface area contributed by atoms with Gasteiger partial charge in [-0.1, -0.05) is 11.6 Å². The van der Waals surface area contributed by atoms with E-state index in [1.54, 1.807) is 0 Å². The Morgan fingerprint density at radius 1 is 1.55 bits per heavy atom. The average molecular weight is 243 g/mol. The van der Waals surface area contributed by atoms with Crippen LogP contribution >= 0.6 is 27.5 Å². The lowest BCUT2D eigenvalue weighted by atomic mass is 10.5. The van der Waals surface area contributed by atoms with Crippen LogP contribution in [0.1, 0.15) is 12.1 Å². The molecule has 6 heteroatoms. The first-order valence-electron chi connectivity index (χ1n) is 2.57. The maximum absolute atomic E-state index is 12.0. The summed E-state index contributed by atoms with van der Waals surface area (Å²) in [6.45, 7) is 0. The summed E-state index contributed by atoms with van der Waals surface area (Å²) in [5, 5.41) is -0.0384. The predicted molar refractivity (Wildman–Crippen MR) is 39.7 cm³/mol. The molecule has 0 aliphatic carbocycles. The first-order chi connectivity index (χ1) is 5.11. The number of nitrogens with zero attached hydrogens (tertiary/aromatic N) is 2. The van der Waals surface area contributed by atoms with Crippen molar-refractivity contribution in [3.63, 3.8) is 0 Å². The molecule has 0 aliphatic rings. The molecule has 0 spiro atoms. The van der Waals surface area contributed by atoms with E-state index in [0.29, 0.717) is 0 Å². The van der Waals surface area contributed by atoms with E-state index >= 15 is 0 Å². The average Bonchev–Trinajstić information content (AvgIpc) is 1.94. The van der Waals surface area contributed by atoms with Gasteiger partial charge in [-0.05, 0) is 15.9 Å². The molecular weight excluding hydrogens is 241 g/mol. The van der Waals surface area contributed by atoms with Gasteiger partial charge in [-0.3, -0.25) is 0 Å². The van der Waals surface area contributed by atoms with Crippen molar-refractivity contribution in [3.8, 4) is 0 Å². The summed E-state index contributed by atoms with van der Waals surface area (Å²) in [6.07, 6.45) is -1.46. The van der Waals surface area contributed by atoms with Crippen LogP contribution in [0.15, 0.2) is 10.8 Å². The molecule has 0 radical (unpaired) electrons. The quantitative estimate of drug-likeness (QED) is 0.758. The molecule has 0 N–H and O–H groups in total. The lowest BCUT2D eigenvalue weighted by molar-refractivity contribution is 0.144. The van der Waals surface area contributed by atoms with Crippen molar-refractivity contribution in [2.45, 2.75) is 6.43 Å². The molecule has 0 saturated carbocycles. The molecule has 0 atom stereocenters. The summed E-state index contributed by atoms with van der Waals surface area (Å²) >= 11 is 8.15. The van der Waals surface area contributed by atoms with Crippen molar-refractivity contribution in [1.29, 1.82) is 0 Å². The van der Waals surface area contributed by atoms with E-state index in [2.05, 4.69) is 25.9 Å². The minimum absolute atomic E-state index is 0.0249. The van der Waals surface area contributed by atoms with Crippen LogP contribution in [0.4, 0.5) is 8.78 Å². The highest BCUT2D eigenvalue weighted by molar-refractivity contribution is 9.10. The van der Waals surface area contributed by atoms with Gasteiger partial charge < -0.3 is 0 Å². The number of rotatable bonds is 1. The van der Waals surface area contributed by atoms with Gasteiger partial charge in [-0.15, -0.1) is 0 Å². The molecule has 0 bridgehead atoms. The predicted octanol–water partition coefficient (Wildman–Crippen LogP) is 2.83. The Labute approximate surface area is 74.7 Å². The third-order valence-corrected chi connectivity index (χ3v) is 1.72. The van der Waals surface area contributed by atoms with E-state index < -0.39 is 12.1 Å². The monoisotopic (exact) mass is 242 g/mol. The fourth-order valence-electron chi connectivity index (χ4n) is 0.505. The Kier molecular flexibility index (Phi) is 2.72.